The van der Waals surface area contributed by atoms with Crippen LogP contribution in [0.15, 0.2) is 24.3 Å². The molecule has 0 bridgehead atoms. The van der Waals surface area contributed by atoms with Gasteiger partial charge in [-0.3, -0.25) is 4.79 Å². The van der Waals surface area contributed by atoms with Crippen molar-refractivity contribution in [2.45, 2.75) is 64.5 Å². The number of benzene rings is 1. The van der Waals surface area contributed by atoms with Gasteiger partial charge in [0.25, 0.3) is 0 Å². The van der Waals surface area contributed by atoms with Crippen LogP contribution >= 0.6 is 0 Å². The lowest BCUT2D eigenvalue weighted by atomic mass is 9.95. The second-order valence-electron chi connectivity index (χ2n) is 7.75. The fourth-order valence-electron chi connectivity index (χ4n) is 3.90. The van der Waals surface area contributed by atoms with Crippen molar-refractivity contribution >= 4 is 11.9 Å². The van der Waals surface area contributed by atoms with Crippen LogP contribution in [0.4, 0.5) is 4.79 Å². The number of urea groups is 1. The summed E-state index contributed by atoms with van der Waals surface area (Å²) in [5.74, 6) is 0.122. The zero-order valence-corrected chi connectivity index (χ0v) is 15.8. The number of amides is 3. The van der Waals surface area contributed by atoms with Crippen molar-refractivity contribution in [3.63, 3.8) is 0 Å². The van der Waals surface area contributed by atoms with Crippen molar-refractivity contribution in [2.75, 3.05) is 13.1 Å². The molecule has 1 saturated carbocycles. The molecular weight excluding hydrogens is 326 g/mol. The second-order valence-corrected chi connectivity index (χ2v) is 7.75. The Bertz CT molecular complexity index is 600. The summed E-state index contributed by atoms with van der Waals surface area (Å²) in [6, 6.07) is 8.61. The first-order chi connectivity index (χ1) is 12.6. The third-order valence-corrected chi connectivity index (χ3v) is 5.67. The molecule has 1 aliphatic heterocycles. The van der Waals surface area contributed by atoms with E-state index in [1.807, 2.05) is 17.0 Å². The summed E-state index contributed by atoms with van der Waals surface area (Å²) in [6.45, 7) is 3.96. The second kappa shape index (κ2) is 9.06. The Morgan fingerprint density at radius 2 is 1.65 bits per heavy atom. The molecule has 3 rings (SSSR count). The number of hydrogen-bond donors (Lipinski definition) is 2. The number of nitrogens with one attached hydrogen (secondary N) is 2. The summed E-state index contributed by atoms with van der Waals surface area (Å²) in [6.07, 6.45) is 7.42. The van der Waals surface area contributed by atoms with Crippen molar-refractivity contribution < 1.29 is 9.59 Å². The molecule has 0 atom stereocenters. The molecule has 1 saturated heterocycles. The summed E-state index contributed by atoms with van der Waals surface area (Å²) in [4.78, 5) is 26.7. The molecule has 1 aliphatic carbocycles. The third kappa shape index (κ3) is 5.23. The molecule has 0 radical (unpaired) electrons. The topological polar surface area (TPSA) is 61.4 Å². The Morgan fingerprint density at radius 1 is 1.00 bits per heavy atom. The Kier molecular flexibility index (Phi) is 6.53. The minimum absolute atomic E-state index is 0.0131. The van der Waals surface area contributed by atoms with E-state index in [0.29, 0.717) is 25.7 Å². The molecule has 1 aromatic rings. The van der Waals surface area contributed by atoms with Gasteiger partial charge in [0, 0.05) is 31.6 Å². The maximum Gasteiger partial charge on any atom is 0.317 e. The Labute approximate surface area is 156 Å². The fourth-order valence-corrected chi connectivity index (χ4v) is 3.90. The van der Waals surface area contributed by atoms with Crippen LogP contribution in [-0.2, 0) is 11.3 Å². The smallest absolute Gasteiger partial charge is 0.317 e. The standard InChI is InChI=1S/C21H31N3O2/c1-16-7-9-17(10-8-16)15-22-20(25)18-11-13-24(14-12-18)21(26)23-19-5-3-2-4-6-19/h7-10,18-19H,2-6,11-15H2,1H3,(H,22,25)(H,23,26). The van der Waals surface area contributed by atoms with E-state index in [-0.39, 0.29) is 17.9 Å². The van der Waals surface area contributed by atoms with Crippen molar-refractivity contribution in [3.05, 3.63) is 35.4 Å². The number of rotatable bonds is 4. The van der Waals surface area contributed by atoms with Gasteiger partial charge in [0.15, 0.2) is 0 Å². The van der Waals surface area contributed by atoms with E-state index >= 15 is 0 Å². The number of aryl methyl sites for hydroxylation is 1. The number of carbonyl (C=O) groups is 2. The van der Waals surface area contributed by atoms with Gasteiger partial charge in [-0.2, -0.15) is 0 Å². The van der Waals surface area contributed by atoms with Crippen LogP contribution in [0.2, 0.25) is 0 Å². The van der Waals surface area contributed by atoms with Gasteiger partial charge in [0.1, 0.15) is 0 Å². The van der Waals surface area contributed by atoms with E-state index < -0.39 is 0 Å². The lowest BCUT2D eigenvalue weighted by Gasteiger charge is -2.33. The largest absolute Gasteiger partial charge is 0.352 e. The predicted octanol–water partition coefficient (Wildman–Crippen LogP) is 3.37. The summed E-state index contributed by atoms with van der Waals surface area (Å²) >= 11 is 0. The van der Waals surface area contributed by atoms with E-state index in [4.69, 9.17) is 0 Å². The van der Waals surface area contributed by atoms with Crippen LogP contribution in [0.3, 0.4) is 0 Å². The summed E-state index contributed by atoms with van der Waals surface area (Å²) in [5.41, 5.74) is 2.34. The maximum atomic E-state index is 12.4. The molecule has 0 aromatic heterocycles. The molecule has 3 amide bonds. The minimum atomic E-state index is 0.0131. The van der Waals surface area contributed by atoms with Gasteiger partial charge in [-0.25, -0.2) is 4.79 Å². The number of hydrogen-bond acceptors (Lipinski definition) is 2. The molecule has 1 heterocycles. The first-order valence-electron chi connectivity index (χ1n) is 10.0. The number of carbonyl (C=O) groups excluding carboxylic acids is 2. The lowest BCUT2D eigenvalue weighted by Crippen LogP contribution is -2.49. The zero-order chi connectivity index (χ0) is 18.4. The highest BCUT2D eigenvalue weighted by atomic mass is 16.2. The summed E-state index contributed by atoms with van der Waals surface area (Å²) < 4.78 is 0. The number of nitrogens with zero attached hydrogens (tertiary/aromatic N) is 1. The summed E-state index contributed by atoms with van der Waals surface area (Å²) in [5, 5.41) is 6.21. The molecule has 0 unspecified atom stereocenters. The molecular formula is C21H31N3O2. The van der Waals surface area contributed by atoms with Crippen LogP contribution < -0.4 is 10.6 Å². The maximum absolute atomic E-state index is 12.4. The van der Waals surface area contributed by atoms with E-state index in [2.05, 4.69) is 29.7 Å². The zero-order valence-electron chi connectivity index (χ0n) is 15.8. The van der Waals surface area contributed by atoms with Gasteiger partial charge < -0.3 is 15.5 Å². The van der Waals surface area contributed by atoms with Crippen molar-refractivity contribution in [1.82, 2.24) is 15.5 Å². The first-order valence-corrected chi connectivity index (χ1v) is 10.0. The highest BCUT2D eigenvalue weighted by Crippen LogP contribution is 2.20. The molecule has 1 aromatic carbocycles. The normalized spacial score (nSPS) is 19.2. The first kappa shape index (κ1) is 18.7. The molecule has 26 heavy (non-hydrogen) atoms. The molecule has 2 fully saturated rings. The van der Waals surface area contributed by atoms with Gasteiger partial charge in [-0.1, -0.05) is 49.1 Å². The van der Waals surface area contributed by atoms with Crippen LogP contribution in [-0.4, -0.2) is 36.0 Å². The molecule has 0 spiro atoms. The molecule has 2 aliphatic rings. The summed E-state index contributed by atoms with van der Waals surface area (Å²) in [7, 11) is 0. The Balaban J connectivity index is 1.39. The van der Waals surface area contributed by atoms with Crippen LogP contribution in [0.5, 0.6) is 0 Å². The van der Waals surface area contributed by atoms with Crippen molar-refractivity contribution in [1.29, 1.82) is 0 Å². The Morgan fingerprint density at radius 3 is 2.31 bits per heavy atom. The fraction of sp³-hybridized carbons (Fsp3) is 0.619. The Hall–Kier alpha value is -2.04. The molecule has 2 N–H and O–H groups in total. The molecule has 5 heteroatoms. The van der Waals surface area contributed by atoms with E-state index in [1.54, 1.807) is 0 Å². The van der Waals surface area contributed by atoms with Crippen LogP contribution in [0.25, 0.3) is 0 Å². The minimum Gasteiger partial charge on any atom is -0.352 e. The number of likely N-dealkylation sites (tertiary alicyclic amines) is 1. The average molecular weight is 357 g/mol. The van der Waals surface area contributed by atoms with Crippen LogP contribution in [0.1, 0.15) is 56.1 Å². The van der Waals surface area contributed by atoms with E-state index in [1.165, 1.54) is 24.8 Å². The molecule has 5 nitrogen and oxygen atoms in total. The monoisotopic (exact) mass is 357 g/mol. The highest BCUT2D eigenvalue weighted by Gasteiger charge is 2.28. The third-order valence-electron chi connectivity index (χ3n) is 5.67. The van der Waals surface area contributed by atoms with E-state index in [0.717, 1.165) is 31.2 Å². The average Bonchev–Trinajstić information content (AvgIpc) is 2.68. The van der Waals surface area contributed by atoms with Gasteiger partial charge in [-0.15, -0.1) is 0 Å². The van der Waals surface area contributed by atoms with Gasteiger partial charge >= 0.3 is 6.03 Å². The predicted molar refractivity (Wildman–Crippen MR) is 103 cm³/mol. The van der Waals surface area contributed by atoms with Crippen molar-refractivity contribution in [3.8, 4) is 0 Å². The van der Waals surface area contributed by atoms with Gasteiger partial charge in [0.2, 0.25) is 5.91 Å². The SMILES string of the molecule is Cc1ccc(CNC(=O)C2CCN(C(=O)NC3CCCCC3)CC2)cc1. The van der Waals surface area contributed by atoms with Gasteiger partial charge in [-0.05, 0) is 38.2 Å². The van der Waals surface area contributed by atoms with Crippen molar-refractivity contribution in [2.24, 2.45) is 5.92 Å². The number of piperidine rings is 1. The molecule has 142 valence electrons. The lowest BCUT2D eigenvalue weighted by molar-refractivity contribution is -0.126. The highest BCUT2D eigenvalue weighted by molar-refractivity contribution is 5.79. The quantitative estimate of drug-likeness (QED) is 0.868. The van der Waals surface area contributed by atoms with Gasteiger partial charge in [0.05, 0.1) is 0 Å². The van der Waals surface area contributed by atoms with E-state index in [9.17, 15) is 9.59 Å². The van der Waals surface area contributed by atoms with Crippen LogP contribution in [0, 0.1) is 12.8 Å².